The van der Waals surface area contributed by atoms with E-state index < -0.39 is 35.5 Å². The van der Waals surface area contributed by atoms with Crippen LogP contribution in [0, 0.1) is 11.7 Å². The van der Waals surface area contributed by atoms with E-state index in [0.29, 0.717) is 24.7 Å². The molecule has 10 heteroatoms. The summed E-state index contributed by atoms with van der Waals surface area (Å²) in [5.74, 6) is -2.31. The molecule has 0 aromatic heterocycles. The third-order valence-corrected chi connectivity index (χ3v) is 7.45. The molecule has 4 rings (SSSR count). The number of alkyl halides is 1. The zero-order valence-electron chi connectivity index (χ0n) is 18.6. The van der Waals surface area contributed by atoms with Crippen molar-refractivity contribution in [1.29, 1.82) is 0 Å². The van der Waals surface area contributed by atoms with Crippen molar-refractivity contribution in [3.8, 4) is 0 Å². The summed E-state index contributed by atoms with van der Waals surface area (Å²) in [7, 11) is 0. The normalized spacial score (nSPS) is 22.6. The minimum atomic E-state index is -1.06. The molecular formula is C23H28FIN4O4. The Morgan fingerprint density at radius 1 is 1.09 bits per heavy atom. The van der Waals surface area contributed by atoms with Crippen LogP contribution in [0.1, 0.15) is 53.3 Å². The van der Waals surface area contributed by atoms with E-state index in [2.05, 4.69) is 39.7 Å². The molecule has 1 N–H and O–H groups in total. The maximum atomic E-state index is 15.0. The van der Waals surface area contributed by atoms with Gasteiger partial charge in [-0.1, -0.05) is 35.9 Å². The third kappa shape index (κ3) is 4.77. The number of hydrogen-bond donors (Lipinski definition) is 1. The molecule has 2 unspecified atom stereocenters. The molecule has 2 fully saturated rings. The van der Waals surface area contributed by atoms with Crippen molar-refractivity contribution in [2.75, 3.05) is 42.1 Å². The maximum absolute atomic E-state index is 15.0. The van der Waals surface area contributed by atoms with Crippen LogP contribution in [0.25, 0.3) is 0 Å². The molecule has 0 radical (unpaired) electrons. The Labute approximate surface area is 206 Å². The molecular weight excluding hydrogens is 542 g/mol. The molecule has 178 valence electrons. The van der Waals surface area contributed by atoms with Gasteiger partial charge in [-0.05, 0) is 35.3 Å². The summed E-state index contributed by atoms with van der Waals surface area (Å²) in [6.07, 6.45) is 2.45. The van der Waals surface area contributed by atoms with Crippen molar-refractivity contribution in [1.82, 2.24) is 15.1 Å². The second-order valence-electron chi connectivity index (χ2n) is 8.84. The molecule has 2 atom stereocenters. The number of rotatable bonds is 7. The lowest BCUT2D eigenvalue weighted by Gasteiger charge is -2.37. The van der Waals surface area contributed by atoms with Crippen LogP contribution in [0.3, 0.4) is 0 Å². The lowest BCUT2D eigenvalue weighted by Crippen LogP contribution is -2.54. The number of carbonyl (C=O) groups is 4. The van der Waals surface area contributed by atoms with E-state index in [4.69, 9.17) is 0 Å². The minimum absolute atomic E-state index is 0.0332. The zero-order chi connectivity index (χ0) is 23.7. The Bertz CT molecular complexity index is 979. The van der Waals surface area contributed by atoms with E-state index in [9.17, 15) is 19.2 Å². The van der Waals surface area contributed by atoms with E-state index in [-0.39, 0.29) is 24.0 Å². The number of nitrogens with one attached hydrogen (secondary N) is 1. The van der Waals surface area contributed by atoms with Crippen LogP contribution in [0.15, 0.2) is 12.1 Å². The fourth-order valence-electron chi connectivity index (χ4n) is 4.84. The van der Waals surface area contributed by atoms with Gasteiger partial charge in [0.2, 0.25) is 11.8 Å². The maximum Gasteiger partial charge on any atom is 0.262 e. The standard InChI is InChI=1S/C23H28FIN4O4/c1-2-14(5-6-25)13-27-7-9-28(10-8-27)19-12-16-15(11-17(19)24)22(32)29(23(16)33)18-3-4-20(30)26-21(18)31/h11-12,14,18H,2-10,13H2,1H3,(H,26,30,31). The third-order valence-electron chi connectivity index (χ3n) is 6.83. The van der Waals surface area contributed by atoms with E-state index >= 15 is 4.39 Å². The summed E-state index contributed by atoms with van der Waals surface area (Å²) in [5, 5.41) is 2.17. The smallest absolute Gasteiger partial charge is 0.262 e. The highest BCUT2D eigenvalue weighted by atomic mass is 127. The zero-order valence-corrected chi connectivity index (χ0v) is 20.8. The largest absolute Gasteiger partial charge is 0.367 e. The van der Waals surface area contributed by atoms with Crippen LogP contribution in [0.4, 0.5) is 10.1 Å². The quantitative estimate of drug-likeness (QED) is 0.307. The number of halogens is 2. The molecule has 33 heavy (non-hydrogen) atoms. The molecule has 3 heterocycles. The topological polar surface area (TPSA) is 90.0 Å². The van der Waals surface area contributed by atoms with Gasteiger partial charge in [0.15, 0.2) is 0 Å². The number of fused-ring (bicyclic) bond motifs is 1. The summed E-state index contributed by atoms with van der Waals surface area (Å²) in [6, 6.07) is 1.49. The molecule has 4 amide bonds. The molecule has 0 aliphatic carbocycles. The van der Waals surface area contributed by atoms with Gasteiger partial charge in [0.1, 0.15) is 11.9 Å². The number of anilines is 1. The monoisotopic (exact) mass is 570 g/mol. The minimum Gasteiger partial charge on any atom is -0.367 e. The van der Waals surface area contributed by atoms with Gasteiger partial charge in [-0.2, -0.15) is 0 Å². The number of piperazine rings is 1. The first-order valence-electron chi connectivity index (χ1n) is 11.4. The van der Waals surface area contributed by atoms with Crippen molar-refractivity contribution in [2.24, 2.45) is 5.92 Å². The predicted molar refractivity (Wildman–Crippen MR) is 129 cm³/mol. The molecule has 0 saturated carbocycles. The number of benzene rings is 1. The molecule has 0 bridgehead atoms. The van der Waals surface area contributed by atoms with Crippen LogP contribution in [-0.2, 0) is 9.59 Å². The Morgan fingerprint density at radius 3 is 2.36 bits per heavy atom. The van der Waals surface area contributed by atoms with Crippen molar-refractivity contribution in [2.45, 2.75) is 38.6 Å². The molecule has 8 nitrogen and oxygen atoms in total. The molecule has 1 aromatic carbocycles. The fourth-order valence-corrected chi connectivity index (χ4v) is 5.72. The SMILES string of the molecule is CCC(CCI)CN1CCN(c2cc3c(cc2F)C(=O)N(C2CCC(=O)NC2=O)C3=O)CC1. The Kier molecular flexibility index (Phi) is 7.32. The van der Waals surface area contributed by atoms with Crippen LogP contribution in [0.2, 0.25) is 0 Å². The van der Waals surface area contributed by atoms with Crippen molar-refractivity contribution >= 4 is 51.9 Å². The van der Waals surface area contributed by atoms with Crippen LogP contribution < -0.4 is 10.2 Å². The highest BCUT2D eigenvalue weighted by Crippen LogP contribution is 2.33. The summed E-state index contributed by atoms with van der Waals surface area (Å²) >= 11 is 2.41. The number of hydrogen-bond acceptors (Lipinski definition) is 6. The summed E-state index contributed by atoms with van der Waals surface area (Å²) < 4.78 is 16.2. The summed E-state index contributed by atoms with van der Waals surface area (Å²) in [6.45, 7) is 6.13. The van der Waals surface area contributed by atoms with Gasteiger partial charge in [0.05, 0.1) is 16.8 Å². The average Bonchev–Trinajstić information content (AvgIpc) is 3.03. The molecule has 0 spiro atoms. The highest BCUT2D eigenvalue weighted by Gasteiger charge is 2.45. The summed E-state index contributed by atoms with van der Waals surface area (Å²) in [5.41, 5.74) is 0.379. The Balaban J connectivity index is 1.48. The van der Waals surface area contributed by atoms with E-state index in [0.717, 1.165) is 41.4 Å². The average molecular weight is 570 g/mol. The van der Waals surface area contributed by atoms with E-state index in [1.807, 2.05) is 4.90 Å². The number of amides is 4. The predicted octanol–water partition coefficient (Wildman–Crippen LogP) is 2.20. The van der Waals surface area contributed by atoms with Gasteiger partial charge in [0.25, 0.3) is 11.8 Å². The van der Waals surface area contributed by atoms with E-state index in [1.54, 1.807) is 0 Å². The second kappa shape index (κ2) is 10.0. The van der Waals surface area contributed by atoms with Gasteiger partial charge in [0, 0.05) is 39.1 Å². The first-order chi connectivity index (χ1) is 15.8. The van der Waals surface area contributed by atoms with Gasteiger partial charge in [-0.15, -0.1) is 0 Å². The van der Waals surface area contributed by atoms with Crippen molar-refractivity contribution in [3.05, 3.63) is 29.1 Å². The number of carbonyl (C=O) groups excluding carboxylic acids is 4. The molecule has 2 saturated heterocycles. The Hall–Kier alpha value is -2.08. The first-order valence-corrected chi connectivity index (χ1v) is 12.9. The van der Waals surface area contributed by atoms with Crippen molar-refractivity contribution in [3.63, 3.8) is 0 Å². The number of piperidine rings is 1. The van der Waals surface area contributed by atoms with Gasteiger partial charge >= 0.3 is 0 Å². The van der Waals surface area contributed by atoms with Gasteiger partial charge < -0.3 is 4.90 Å². The fraction of sp³-hybridized carbons (Fsp3) is 0.565. The number of nitrogens with zero attached hydrogens (tertiary/aromatic N) is 3. The van der Waals surface area contributed by atoms with Gasteiger partial charge in [-0.3, -0.25) is 34.3 Å². The molecule has 1 aromatic rings. The number of imide groups is 2. The van der Waals surface area contributed by atoms with Crippen LogP contribution in [0.5, 0.6) is 0 Å². The van der Waals surface area contributed by atoms with E-state index in [1.165, 1.54) is 12.5 Å². The molecule has 3 aliphatic rings. The van der Waals surface area contributed by atoms with Gasteiger partial charge in [-0.25, -0.2) is 4.39 Å². The van der Waals surface area contributed by atoms with Crippen LogP contribution in [-0.4, -0.2) is 76.6 Å². The highest BCUT2D eigenvalue weighted by molar-refractivity contribution is 14.1. The van der Waals surface area contributed by atoms with Crippen molar-refractivity contribution < 1.29 is 23.6 Å². The first kappa shape index (κ1) is 24.1. The molecule has 3 aliphatic heterocycles. The van der Waals surface area contributed by atoms with Crippen LogP contribution >= 0.6 is 22.6 Å². The lowest BCUT2D eigenvalue weighted by atomic mass is 10.0. The second-order valence-corrected chi connectivity index (χ2v) is 9.91. The lowest BCUT2D eigenvalue weighted by molar-refractivity contribution is -0.136. The summed E-state index contributed by atoms with van der Waals surface area (Å²) in [4.78, 5) is 54.7. The Morgan fingerprint density at radius 2 is 1.76 bits per heavy atom.